The standard InChI is InChI=1S/C19H30N4O2/c1-19(18(24)20-15-10-4-2-3-5-11-15)13-25-12-16-21-22-17(23(16)19)14-8-6-7-9-14/h14-15H,2-13H2,1H3,(H,20,24). The van der Waals surface area contributed by atoms with Crippen LogP contribution in [0.15, 0.2) is 0 Å². The number of carbonyl (C=O) groups is 1. The first-order valence-corrected chi connectivity index (χ1v) is 10.0. The molecule has 0 saturated heterocycles. The predicted octanol–water partition coefficient (Wildman–Crippen LogP) is 3.02. The lowest BCUT2D eigenvalue weighted by Crippen LogP contribution is -2.55. The van der Waals surface area contributed by atoms with Crippen LogP contribution in [0.1, 0.15) is 88.7 Å². The molecule has 1 atom stereocenters. The van der Waals surface area contributed by atoms with Gasteiger partial charge in [-0.05, 0) is 32.6 Å². The first-order chi connectivity index (χ1) is 12.2. The maximum absolute atomic E-state index is 13.3. The van der Waals surface area contributed by atoms with E-state index in [-0.39, 0.29) is 5.91 Å². The van der Waals surface area contributed by atoms with Crippen molar-refractivity contribution in [3.63, 3.8) is 0 Å². The molecule has 0 bridgehead atoms. The largest absolute Gasteiger partial charge is 0.370 e. The van der Waals surface area contributed by atoms with Crippen LogP contribution >= 0.6 is 0 Å². The Hall–Kier alpha value is -1.43. The Morgan fingerprint density at radius 1 is 1.08 bits per heavy atom. The smallest absolute Gasteiger partial charge is 0.248 e. The normalized spacial score (nSPS) is 28.5. The van der Waals surface area contributed by atoms with Crippen LogP contribution in [0.3, 0.4) is 0 Å². The molecule has 1 aromatic rings. The summed E-state index contributed by atoms with van der Waals surface area (Å²) in [5, 5.41) is 12.1. The van der Waals surface area contributed by atoms with E-state index in [1.54, 1.807) is 0 Å². The number of hydrogen-bond donors (Lipinski definition) is 1. The molecule has 1 unspecified atom stereocenters. The number of fused-ring (bicyclic) bond motifs is 1. The van der Waals surface area contributed by atoms with Crippen LogP contribution in [0.4, 0.5) is 0 Å². The van der Waals surface area contributed by atoms with Crippen molar-refractivity contribution in [2.75, 3.05) is 6.61 Å². The van der Waals surface area contributed by atoms with Gasteiger partial charge < -0.3 is 10.1 Å². The molecule has 2 heterocycles. The molecule has 25 heavy (non-hydrogen) atoms. The molecule has 1 aromatic heterocycles. The van der Waals surface area contributed by atoms with E-state index in [1.807, 2.05) is 6.92 Å². The van der Waals surface area contributed by atoms with Gasteiger partial charge in [0, 0.05) is 12.0 Å². The Morgan fingerprint density at radius 3 is 2.48 bits per heavy atom. The number of amides is 1. The maximum atomic E-state index is 13.3. The molecule has 1 amide bonds. The minimum absolute atomic E-state index is 0.0689. The van der Waals surface area contributed by atoms with Gasteiger partial charge in [0.05, 0.1) is 6.61 Å². The van der Waals surface area contributed by atoms with Crippen LogP contribution in [0.2, 0.25) is 0 Å². The third-order valence-corrected chi connectivity index (χ3v) is 6.26. The SMILES string of the molecule is CC1(C(=O)NC2CCCCCC2)COCc2nnc(C3CCCC3)n21. The number of aromatic nitrogens is 3. The van der Waals surface area contributed by atoms with Crippen molar-refractivity contribution < 1.29 is 9.53 Å². The molecule has 0 spiro atoms. The van der Waals surface area contributed by atoms with Crippen LogP contribution in [0, 0.1) is 0 Å². The second-order valence-electron chi connectivity index (χ2n) is 8.22. The summed E-state index contributed by atoms with van der Waals surface area (Å²) in [7, 11) is 0. The highest BCUT2D eigenvalue weighted by Gasteiger charge is 2.44. The lowest BCUT2D eigenvalue weighted by molar-refractivity contribution is -0.136. The molecule has 0 radical (unpaired) electrons. The molecule has 138 valence electrons. The average Bonchev–Trinajstić information content (AvgIpc) is 3.21. The van der Waals surface area contributed by atoms with Gasteiger partial charge in [-0.1, -0.05) is 38.5 Å². The van der Waals surface area contributed by atoms with Crippen LogP contribution < -0.4 is 5.32 Å². The zero-order valence-corrected chi connectivity index (χ0v) is 15.3. The van der Waals surface area contributed by atoms with Gasteiger partial charge in [-0.3, -0.25) is 9.36 Å². The molecule has 1 N–H and O–H groups in total. The van der Waals surface area contributed by atoms with Crippen molar-refractivity contribution in [2.45, 2.75) is 95.2 Å². The van der Waals surface area contributed by atoms with Crippen molar-refractivity contribution >= 4 is 5.91 Å². The molecule has 2 saturated carbocycles. The number of hydrogen-bond acceptors (Lipinski definition) is 4. The van der Waals surface area contributed by atoms with E-state index >= 15 is 0 Å². The molecule has 1 aliphatic heterocycles. The quantitative estimate of drug-likeness (QED) is 0.854. The summed E-state index contributed by atoms with van der Waals surface area (Å²) in [6.45, 7) is 2.84. The predicted molar refractivity (Wildman–Crippen MR) is 94.2 cm³/mol. The van der Waals surface area contributed by atoms with Gasteiger partial charge in [-0.25, -0.2) is 0 Å². The molecule has 6 heteroatoms. The first kappa shape index (κ1) is 17.0. The van der Waals surface area contributed by atoms with Crippen molar-refractivity contribution in [1.82, 2.24) is 20.1 Å². The summed E-state index contributed by atoms with van der Waals surface area (Å²) in [5.41, 5.74) is -0.735. The monoisotopic (exact) mass is 346 g/mol. The molecular weight excluding hydrogens is 316 g/mol. The van der Waals surface area contributed by atoms with Gasteiger partial charge in [0.15, 0.2) is 5.82 Å². The molecule has 2 fully saturated rings. The van der Waals surface area contributed by atoms with Crippen LogP contribution in [0.25, 0.3) is 0 Å². The summed E-state index contributed by atoms with van der Waals surface area (Å²) in [6.07, 6.45) is 12.0. The lowest BCUT2D eigenvalue weighted by atomic mass is 9.96. The van der Waals surface area contributed by atoms with Crippen LogP contribution in [0.5, 0.6) is 0 Å². The Kier molecular flexibility index (Phi) is 4.80. The van der Waals surface area contributed by atoms with Crippen molar-refractivity contribution in [3.05, 3.63) is 11.6 Å². The van der Waals surface area contributed by atoms with Gasteiger partial charge in [0.1, 0.15) is 18.0 Å². The zero-order valence-electron chi connectivity index (χ0n) is 15.3. The number of nitrogens with zero attached hydrogens (tertiary/aromatic N) is 3. The van der Waals surface area contributed by atoms with Gasteiger partial charge >= 0.3 is 0 Å². The Morgan fingerprint density at radius 2 is 1.76 bits per heavy atom. The number of rotatable bonds is 3. The topological polar surface area (TPSA) is 69.0 Å². The van der Waals surface area contributed by atoms with Gasteiger partial charge in [-0.2, -0.15) is 0 Å². The van der Waals surface area contributed by atoms with Crippen LogP contribution in [-0.2, 0) is 21.7 Å². The summed E-state index contributed by atoms with van der Waals surface area (Å²) in [5.74, 6) is 2.30. The number of ether oxygens (including phenoxy) is 1. The van der Waals surface area contributed by atoms with Gasteiger partial charge in [-0.15, -0.1) is 10.2 Å². The highest BCUT2D eigenvalue weighted by atomic mass is 16.5. The second kappa shape index (κ2) is 7.06. The fourth-order valence-corrected chi connectivity index (χ4v) is 4.75. The van der Waals surface area contributed by atoms with Crippen molar-refractivity contribution in [1.29, 1.82) is 0 Å². The minimum Gasteiger partial charge on any atom is -0.370 e. The summed E-state index contributed by atoms with van der Waals surface area (Å²) >= 11 is 0. The second-order valence-corrected chi connectivity index (χ2v) is 8.22. The fourth-order valence-electron chi connectivity index (χ4n) is 4.75. The minimum atomic E-state index is -0.735. The fraction of sp³-hybridized carbons (Fsp3) is 0.842. The van der Waals surface area contributed by atoms with E-state index in [0.29, 0.717) is 25.2 Å². The van der Waals surface area contributed by atoms with Gasteiger partial charge in [0.25, 0.3) is 0 Å². The van der Waals surface area contributed by atoms with Gasteiger partial charge in [0.2, 0.25) is 5.91 Å². The number of carbonyl (C=O) groups excluding carboxylic acids is 1. The van der Waals surface area contributed by atoms with Crippen molar-refractivity contribution in [2.24, 2.45) is 0 Å². The Labute approximate surface area is 149 Å². The Bertz CT molecular complexity index is 615. The van der Waals surface area contributed by atoms with Crippen LogP contribution in [-0.4, -0.2) is 33.3 Å². The third kappa shape index (κ3) is 3.21. The van der Waals surface area contributed by atoms with E-state index in [2.05, 4.69) is 20.1 Å². The highest BCUT2D eigenvalue weighted by Crippen LogP contribution is 2.37. The summed E-state index contributed by atoms with van der Waals surface area (Å²) in [6, 6.07) is 0.295. The Balaban J connectivity index is 1.59. The summed E-state index contributed by atoms with van der Waals surface area (Å²) < 4.78 is 7.85. The average molecular weight is 346 g/mol. The number of nitrogens with one attached hydrogen (secondary N) is 1. The van der Waals surface area contributed by atoms with Crippen molar-refractivity contribution in [3.8, 4) is 0 Å². The molecular formula is C19H30N4O2. The van der Waals surface area contributed by atoms with E-state index < -0.39 is 5.54 Å². The summed E-state index contributed by atoms with van der Waals surface area (Å²) in [4.78, 5) is 13.3. The van der Waals surface area contributed by atoms with E-state index in [1.165, 1.54) is 38.5 Å². The highest BCUT2D eigenvalue weighted by molar-refractivity contribution is 5.85. The molecule has 0 aromatic carbocycles. The molecule has 4 rings (SSSR count). The maximum Gasteiger partial charge on any atom is 0.248 e. The van der Waals surface area contributed by atoms with E-state index in [9.17, 15) is 4.79 Å². The van der Waals surface area contributed by atoms with E-state index in [4.69, 9.17) is 4.74 Å². The molecule has 3 aliphatic rings. The first-order valence-electron chi connectivity index (χ1n) is 10.0. The van der Waals surface area contributed by atoms with E-state index in [0.717, 1.165) is 37.3 Å². The molecule has 2 aliphatic carbocycles. The third-order valence-electron chi connectivity index (χ3n) is 6.26. The zero-order chi connectivity index (χ0) is 17.3. The molecule has 6 nitrogen and oxygen atoms in total. The lowest BCUT2D eigenvalue weighted by Gasteiger charge is -2.37.